The highest BCUT2D eigenvalue weighted by atomic mass is 16.2. The summed E-state index contributed by atoms with van der Waals surface area (Å²) in [6.45, 7) is 6.51. The Bertz CT molecular complexity index is 314. The van der Waals surface area contributed by atoms with E-state index < -0.39 is 0 Å². The van der Waals surface area contributed by atoms with E-state index in [1.54, 1.807) is 0 Å². The maximum Gasteiger partial charge on any atom is 0.222 e. The van der Waals surface area contributed by atoms with Gasteiger partial charge in [-0.15, -0.1) is 0 Å². The molecule has 1 saturated heterocycles. The zero-order chi connectivity index (χ0) is 13.9. The molecule has 1 aliphatic heterocycles. The van der Waals surface area contributed by atoms with Crippen molar-refractivity contribution < 1.29 is 4.79 Å². The van der Waals surface area contributed by atoms with Crippen molar-refractivity contribution in [3.05, 3.63) is 0 Å². The van der Waals surface area contributed by atoms with Crippen molar-refractivity contribution in [3.63, 3.8) is 0 Å². The van der Waals surface area contributed by atoms with Crippen LogP contribution in [0.4, 0.5) is 0 Å². The van der Waals surface area contributed by atoms with Gasteiger partial charge in [-0.2, -0.15) is 0 Å². The molecule has 0 aromatic heterocycles. The average molecular weight is 266 g/mol. The van der Waals surface area contributed by atoms with Gasteiger partial charge in [-0.25, -0.2) is 0 Å². The van der Waals surface area contributed by atoms with Gasteiger partial charge in [0.2, 0.25) is 5.91 Å². The molecular weight excluding hydrogens is 236 g/mol. The molecule has 1 N–H and O–H groups in total. The molecule has 0 aromatic carbocycles. The minimum Gasteiger partial charge on any atom is -0.343 e. The molecule has 19 heavy (non-hydrogen) atoms. The molecule has 0 bridgehead atoms. The first-order chi connectivity index (χ1) is 9.02. The molecule has 0 aromatic rings. The monoisotopic (exact) mass is 266 g/mol. The SMILES string of the molecule is CNC1CCCC1CCN1CCC(C)(C)CCC1=O. The topological polar surface area (TPSA) is 32.3 Å². The first kappa shape index (κ1) is 14.8. The highest BCUT2D eigenvalue weighted by Gasteiger charge is 2.29. The molecule has 3 nitrogen and oxygen atoms in total. The molecule has 2 unspecified atom stereocenters. The molecule has 2 aliphatic rings. The number of hydrogen-bond acceptors (Lipinski definition) is 2. The van der Waals surface area contributed by atoms with Gasteiger partial charge in [0.05, 0.1) is 0 Å². The van der Waals surface area contributed by atoms with E-state index in [1.165, 1.54) is 25.7 Å². The second-order valence-electron chi connectivity index (χ2n) is 7.17. The lowest BCUT2D eigenvalue weighted by Crippen LogP contribution is -2.35. The Hall–Kier alpha value is -0.570. The van der Waals surface area contributed by atoms with Gasteiger partial charge in [0.25, 0.3) is 0 Å². The van der Waals surface area contributed by atoms with Gasteiger partial charge in [-0.3, -0.25) is 4.79 Å². The summed E-state index contributed by atoms with van der Waals surface area (Å²) in [6, 6.07) is 0.679. The number of amides is 1. The Kier molecular flexibility index (Phi) is 4.88. The molecule has 1 heterocycles. The van der Waals surface area contributed by atoms with Crippen LogP contribution in [0.2, 0.25) is 0 Å². The quantitative estimate of drug-likeness (QED) is 0.848. The molecule has 1 aliphatic carbocycles. The summed E-state index contributed by atoms with van der Waals surface area (Å²) in [5.74, 6) is 1.15. The minimum absolute atomic E-state index is 0.339. The average Bonchev–Trinajstić information content (AvgIpc) is 2.78. The molecule has 110 valence electrons. The third-order valence-corrected chi connectivity index (χ3v) is 5.23. The van der Waals surface area contributed by atoms with E-state index in [9.17, 15) is 4.79 Å². The van der Waals surface area contributed by atoms with Crippen LogP contribution in [0, 0.1) is 11.3 Å². The number of rotatable bonds is 4. The van der Waals surface area contributed by atoms with Crippen molar-refractivity contribution in [2.24, 2.45) is 11.3 Å². The summed E-state index contributed by atoms with van der Waals surface area (Å²) in [5.41, 5.74) is 0.339. The predicted molar refractivity (Wildman–Crippen MR) is 79.0 cm³/mol. The molecule has 1 saturated carbocycles. The highest BCUT2D eigenvalue weighted by Crippen LogP contribution is 2.32. The summed E-state index contributed by atoms with van der Waals surface area (Å²) in [6.07, 6.45) is 8.10. The van der Waals surface area contributed by atoms with Crippen LogP contribution in [0.5, 0.6) is 0 Å². The van der Waals surface area contributed by atoms with E-state index in [-0.39, 0.29) is 0 Å². The largest absolute Gasteiger partial charge is 0.343 e. The molecule has 0 radical (unpaired) electrons. The maximum atomic E-state index is 12.2. The van der Waals surface area contributed by atoms with Crippen LogP contribution >= 0.6 is 0 Å². The van der Waals surface area contributed by atoms with Crippen molar-refractivity contribution in [3.8, 4) is 0 Å². The lowest BCUT2D eigenvalue weighted by molar-refractivity contribution is -0.130. The van der Waals surface area contributed by atoms with Crippen molar-refractivity contribution >= 4 is 5.91 Å². The zero-order valence-electron chi connectivity index (χ0n) is 12.9. The lowest BCUT2D eigenvalue weighted by atomic mass is 9.85. The minimum atomic E-state index is 0.339. The van der Waals surface area contributed by atoms with Crippen LogP contribution in [0.15, 0.2) is 0 Å². The van der Waals surface area contributed by atoms with Gasteiger partial charge in [-0.05, 0) is 50.5 Å². The molecule has 2 atom stereocenters. The Labute approximate surface area is 118 Å². The number of hydrogen-bond donors (Lipinski definition) is 1. The molecule has 1 amide bonds. The first-order valence-electron chi connectivity index (χ1n) is 7.97. The van der Waals surface area contributed by atoms with Crippen LogP contribution in [0.1, 0.15) is 58.8 Å². The summed E-state index contributed by atoms with van der Waals surface area (Å²) >= 11 is 0. The Morgan fingerprint density at radius 3 is 2.84 bits per heavy atom. The van der Waals surface area contributed by atoms with Crippen molar-refractivity contribution in [2.45, 2.75) is 64.8 Å². The third kappa shape index (κ3) is 3.95. The lowest BCUT2D eigenvalue weighted by Gasteiger charge is -2.26. The van der Waals surface area contributed by atoms with Gasteiger partial charge in [0.1, 0.15) is 0 Å². The number of likely N-dealkylation sites (tertiary alicyclic amines) is 1. The fourth-order valence-electron chi connectivity index (χ4n) is 3.61. The zero-order valence-corrected chi connectivity index (χ0v) is 12.9. The van der Waals surface area contributed by atoms with E-state index in [1.807, 2.05) is 0 Å². The van der Waals surface area contributed by atoms with Crippen molar-refractivity contribution in [2.75, 3.05) is 20.1 Å². The standard InChI is InChI=1S/C16H30N2O/c1-16(2)9-7-15(19)18(12-10-16)11-8-13-5-4-6-14(13)17-3/h13-14,17H,4-12H2,1-3H3. The van der Waals surface area contributed by atoms with Crippen LogP contribution in [-0.4, -0.2) is 37.0 Å². The second-order valence-corrected chi connectivity index (χ2v) is 7.17. The maximum absolute atomic E-state index is 12.2. The van der Waals surface area contributed by atoms with Crippen molar-refractivity contribution in [1.29, 1.82) is 0 Å². The third-order valence-electron chi connectivity index (χ3n) is 5.23. The van der Waals surface area contributed by atoms with Gasteiger partial charge >= 0.3 is 0 Å². The van der Waals surface area contributed by atoms with E-state index in [2.05, 4.69) is 31.1 Å². The molecule has 2 rings (SSSR count). The van der Waals surface area contributed by atoms with Crippen LogP contribution < -0.4 is 5.32 Å². The smallest absolute Gasteiger partial charge is 0.222 e. The number of nitrogens with one attached hydrogen (secondary N) is 1. The summed E-state index contributed by atoms with van der Waals surface area (Å²) in [7, 11) is 2.07. The van der Waals surface area contributed by atoms with Crippen molar-refractivity contribution in [1.82, 2.24) is 10.2 Å². The molecule has 2 fully saturated rings. The normalized spacial score (nSPS) is 31.5. The Morgan fingerprint density at radius 1 is 1.32 bits per heavy atom. The van der Waals surface area contributed by atoms with E-state index in [4.69, 9.17) is 0 Å². The van der Waals surface area contributed by atoms with Gasteiger partial charge < -0.3 is 10.2 Å². The van der Waals surface area contributed by atoms with E-state index >= 15 is 0 Å². The molecule has 3 heteroatoms. The van der Waals surface area contributed by atoms with Gasteiger partial charge in [-0.1, -0.05) is 20.3 Å². The van der Waals surface area contributed by atoms with Crippen LogP contribution in [-0.2, 0) is 4.79 Å². The van der Waals surface area contributed by atoms with E-state index in [0.29, 0.717) is 17.4 Å². The number of nitrogens with zero attached hydrogens (tertiary/aromatic N) is 1. The first-order valence-corrected chi connectivity index (χ1v) is 7.97. The Balaban J connectivity index is 1.83. The molecular formula is C16H30N2O. The van der Waals surface area contributed by atoms with Gasteiger partial charge in [0, 0.05) is 25.6 Å². The van der Waals surface area contributed by atoms with Crippen LogP contribution in [0.25, 0.3) is 0 Å². The molecule has 0 spiro atoms. The van der Waals surface area contributed by atoms with Crippen LogP contribution in [0.3, 0.4) is 0 Å². The highest BCUT2D eigenvalue weighted by molar-refractivity contribution is 5.76. The summed E-state index contributed by atoms with van der Waals surface area (Å²) < 4.78 is 0. The van der Waals surface area contributed by atoms with Gasteiger partial charge in [0.15, 0.2) is 0 Å². The summed E-state index contributed by atoms with van der Waals surface area (Å²) in [5, 5.41) is 3.43. The second kappa shape index (κ2) is 6.25. The number of carbonyl (C=O) groups excluding carboxylic acids is 1. The number of carbonyl (C=O) groups is 1. The predicted octanol–water partition coefficient (Wildman–Crippen LogP) is 2.80. The summed E-state index contributed by atoms with van der Waals surface area (Å²) in [4.78, 5) is 14.3. The fourth-order valence-corrected chi connectivity index (χ4v) is 3.61. The van der Waals surface area contributed by atoms with E-state index in [0.717, 1.165) is 38.3 Å². The Morgan fingerprint density at radius 2 is 2.11 bits per heavy atom. The fraction of sp³-hybridized carbons (Fsp3) is 0.938.